The molecule has 1 amide bonds. The second kappa shape index (κ2) is 12.2. The van der Waals surface area contributed by atoms with Gasteiger partial charge in [-0.25, -0.2) is 4.99 Å². The molecule has 1 rings (SSSR count). The zero-order valence-corrected chi connectivity index (χ0v) is 18.1. The van der Waals surface area contributed by atoms with Crippen LogP contribution in [0.25, 0.3) is 0 Å². The number of carbonyl (C=O) groups is 1. The number of aliphatic imine (C=N–C) groups is 1. The molecule has 0 atom stereocenters. The molecule has 0 aliphatic heterocycles. The number of hydrogen-bond donors (Lipinski definition) is 3. The van der Waals surface area contributed by atoms with E-state index < -0.39 is 5.41 Å². The molecule has 1 aromatic rings. The highest BCUT2D eigenvalue weighted by atomic mass is 16.5. The predicted octanol–water partition coefficient (Wildman–Crippen LogP) is 2.24. The molecule has 0 heterocycles. The first-order valence-corrected chi connectivity index (χ1v) is 9.79. The monoisotopic (exact) mass is 392 g/mol. The Hall–Kier alpha value is -2.28. The molecule has 7 heteroatoms. The number of rotatable bonds is 11. The average Bonchev–Trinajstić information content (AvgIpc) is 2.67. The van der Waals surface area contributed by atoms with Crippen molar-refractivity contribution in [2.24, 2.45) is 10.4 Å². The number of amides is 1. The number of ether oxygens (including phenoxy) is 2. The van der Waals surface area contributed by atoms with Gasteiger partial charge >= 0.3 is 0 Å². The molecule has 0 unspecified atom stereocenters. The zero-order valence-electron chi connectivity index (χ0n) is 18.1. The molecule has 28 heavy (non-hydrogen) atoms. The molecule has 1 aromatic carbocycles. The Bertz CT molecular complexity index is 645. The van der Waals surface area contributed by atoms with Crippen LogP contribution in [0.2, 0.25) is 0 Å². The normalized spacial score (nSPS) is 11.9. The van der Waals surface area contributed by atoms with Crippen LogP contribution >= 0.6 is 0 Å². The highest BCUT2D eigenvalue weighted by Crippen LogP contribution is 2.21. The van der Waals surface area contributed by atoms with Crippen LogP contribution in [0.4, 0.5) is 0 Å². The van der Waals surface area contributed by atoms with Crippen LogP contribution in [-0.2, 0) is 16.1 Å². The number of guanidine groups is 1. The van der Waals surface area contributed by atoms with Gasteiger partial charge in [-0.3, -0.25) is 4.79 Å². The van der Waals surface area contributed by atoms with Crippen LogP contribution in [0.3, 0.4) is 0 Å². The minimum atomic E-state index is -0.537. The Morgan fingerprint density at radius 1 is 1.21 bits per heavy atom. The summed E-state index contributed by atoms with van der Waals surface area (Å²) in [5, 5.41) is 9.18. The average molecular weight is 393 g/mol. The lowest BCUT2D eigenvalue weighted by molar-refractivity contribution is -0.128. The van der Waals surface area contributed by atoms with Gasteiger partial charge < -0.3 is 25.4 Å². The molecule has 0 radical (unpaired) electrons. The van der Waals surface area contributed by atoms with Crippen LogP contribution in [0.5, 0.6) is 5.75 Å². The summed E-state index contributed by atoms with van der Waals surface area (Å²) in [6.45, 7) is 10.8. The lowest BCUT2D eigenvalue weighted by atomic mass is 9.92. The van der Waals surface area contributed by atoms with Crippen molar-refractivity contribution in [2.45, 2.75) is 40.7 Å². The van der Waals surface area contributed by atoms with Gasteiger partial charge in [0.1, 0.15) is 5.75 Å². The predicted molar refractivity (Wildman–Crippen MR) is 114 cm³/mol. The van der Waals surface area contributed by atoms with E-state index in [1.807, 2.05) is 39.8 Å². The zero-order chi connectivity index (χ0) is 21.0. The summed E-state index contributed by atoms with van der Waals surface area (Å²) in [6, 6.07) is 6.14. The van der Waals surface area contributed by atoms with Gasteiger partial charge in [0, 0.05) is 45.8 Å². The molecule has 0 spiro atoms. The number of carbonyl (C=O) groups excluding carboxylic acids is 1. The number of methoxy groups -OCH3 is 1. The van der Waals surface area contributed by atoms with Gasteiger partial charge in [-0.15, -0.1) is 0 Å². The molecule has 0 bridgehead atoms. The van der Waals surface area contributed by atoms with E-state index in [0.717, 1.165) is 29.8 Å². The fourth-order valence-corrected chi connectivity index (χ4v) is 2.54. The third-order valence-electron chi connectivity index (χ3n) is 4.26. The Morgan fingerprint density at radius 3 is 2.61 bits per heavy atom. The number of nitrogens with one attached hydrogen (secondary N) is 3. The smallest absolute Gasteiger partial charge is 0.227 e. The van der Waals surface area contributed by atoms with E-state index in [0.29, 0.717) is 32.3 Å². The van der Waals surface area contributed by atoms with E-state index in [9.17, 15) is 4.79 Å². The van der Waals surface area contributed by atoms with Crippen molar-refractivity contribution in [2.75, 3.05) is 40.5 Å². The second-order valence-corrected chi connectivity index (χ2v) is 7.32. The standard InChI is InChI=1S/C21H36N4O3/c1-7-23-20(25-15-21(3,4)19(26)22-5)24-14-17-10-9-16(2)13-18(17)28-12-8-11-27-6/h9-10,13H,7-8,11-12,14-15H2,1-6H3,(H,22,26)(H2,23,24,25). The van der Waals surface area contributed by atoms with Crippen molar-refractivity contribution in [1.29, 1.82) is 0 Å². The Balaban J connectivity index is 2.81. The van der Waals surface area contributed by atoms with Crippen molar-refractivity contribution in [3.63, 3.8) is 0 Å². The van der Waals surface area contributed by atoms with Gasteiger partial charge in [0.15, 0.2) is 5.96 Å². The van der Waals surface area contributed by atoms with E-state index in [1.165, 1.54) is 0 Å². The molecule has 7 nitrogen and oxygen atoms in total. The molecule has 0 saturated carbocycles. The van der Waals surface area contributed by atoms with Gasteiger partial charge in [0.25, 0.3) is 0 Å². The SMILES string of the molecule is CCNC(=NCc1ccc(C)cc1OCCCOC)NCC(C)(C)C(=O)NC. The van der Waals surface area contributed by atoms with Crippen LogP contribution in [-0.4, -0.2) is 52.3 Å². The largest absolute Gasteiger partial charge is 0.493 e. The molecule has 158 valence electrons. The Kier molecular flexibility index (Phi) is 10.4. The first kappa shape index (κ1) is 23.8. The maximum Gasteiger partial charge on any atom is 0.227 e. The molecule has 0 aromatic heterocycles. The van der Waals surface area contributed by atoms with Gasteiger partial charge in [-0.05, 0) is 39.3 Å². The number of nitrogens with zero attached hydrogens (tertiary/aromatic N) is 1. The molecule has 0 saturated heterocycles. The lowest BCUT2D eigenvalue weighted by Crippen LogP contribution is -2.47. The van der Waals surface area contributed by atoms with Crippen molar-refractivity contribution in [1.82, 2.24) is 16.0 Å². The summed E-state index contributed by atoms with van der Waals surface area (Å²) >= 11 is 0. The molecule has 0 fully saturated rings. The van der Waals surface area contributed by atoms with Crippen LogP contribution in [0, 0.1) is 12.3 Å². The van der Waals surface area contributed by atoms with E-state index in [2.05, 4.69) is 27.0 Å². The molecular weight excluding hydrogens is 356 g/mol. The van der Waals surface area contributed by atoms with E-state index >= 15 is 0 Å². The number of hydrogen-bond acceptors (Lipinski definition) is 4. The highest BCUT2D eigenvalue weighted by Gasteiger charge is 2.26. The van der Waals surface area contributed by atoms with Crippen molar-refractivity contribution < 1.29 is 14.3 Å². The fraction of sp³-hybridized carbons (Fsp3) is 0.619. The third-order valence-corrected chi connectivity index (χ3v) is 4.26. The minimum absolute atomic E-state index is 0.0128. The second-order valence-electron chi connectivity index (χ2n) is 7.32. The van der Waals surface area contributed by atoms with Crippen molar-refractivity contribution >= 4 is 11.9 Å². The van der Waals surface area contributed by atoms with Gasteiger partial charge in [-0.2, -0.15) is 0 Å². The maximum atomic E-state index is 12.0. The van der Waals surface area contributed by atoms with Gasteiger partial charge in [0.2, 0.25) is 5.91 Å². The molecular formula is C21H36N4O3. The summed E-state index contributed by atoms with van der Waals surface area (Å²) in [5.41, 5.74) is 1.63. The minimum Gasteiger partial charge on any atom is -0.493 e. The third kappa shape index (κ3) is 8.17. The van der Waals surface area contributed by atoms with Crippen LogP contribution in [0.1, 0.15) is 38.3 Å². The Morgan fingerprint density at radius 2 is 1.96 bits per heavy atom. The molecule has 0 aliphatic rings. The quantitative estimate of drug-likeness (QED) is 0.306. The maximum absolute atomic E-state index is 12.0. The number of aryl methyl sites for hydroxylation is 1. The molecule has 3 N–H and O–H groups in total. The van der Waals surface area contributed by atoms with E-state index in [-0.39, 0.29) is 5.91 Å². The first-order valence-electron chi connectivity index (χ1n) is 9.79. The number of benzene rings is 1. The summed E-state index contributed by atoms with van der Waals surface area (Å²) in [7, 11) is 3.34. The van der Waals surface area contributed by atoms with Crippen LogP contribution < -0.4 is 20.7 Å². The first-order chi connectivity index (χ1) is 13.3. The summed E-state index contributed by atoms with van der Waals surface area (Å²) in [4.78, 5) is 16.6. The van der Waals surface area contributed by atoms with Gasteiger partial charge in [-0.1, -0.05) is 12.1 Å². The summed E-state index contributed by atoms with van der Waals surface area (Å²) < 4.78 is 11.0. The van der Waals surface area contributed by atoms with Crippen molar-refractivity contribution in [3.8, 4) is 5.75 Å². The summed E-state index contributed by atoms with van der Waals surface area (Å²) in [6.07, 6.45) is 0.839. The molecule has 0 aliphatic carbocycles. The van der Waals surface area contributed by atoms with Crippen LogP contribution in [0.15, 0.2) is 23.2 Å². The van der Waals surface area contributed by atoms with Gasteiger partial charge in [0.05, 0.1) is 18.6 Å². The Labute approximate surface area is 169 Å². The van der Waals surface area contributed by atoms with Crippen molar-refractivity contribution in [3.05, 3.63) is 29.3 Å². The lowest BCUT2D eigenvalue weighted by Gasteiger charge is -2.24. The highest BCUT2D eigenvalue weighted by molar-refractivity contribution is 5.84. The fourth-order valence-electron chi connectivity index (χ4n) is 2.54. The van der Waals surface area contributed by atoms with E-state index in [4.69, 9.17) is 9.47 Å². The topological polar surface area (TPSA) is 84.0 Å². The summed E-state index contributed by atoms with van der Waals surface area (Å²) in [5.74, 6) is 1.51. The van der Waals surface area contributed by atoms with E-state index in [1.54, 1.807) is 14.2 Å².